The van der Waals surface area contributed by atoms with Crippen molar-refractivity contribution in [1.82, 2.24) is 5.32 Å². The van der Waals surface area contributed by atoms with Gasteiger partial charge in [-0.05, 0) is 55.3 Å². The Morgan fingerprint density at radius 1 is 1.19 bits per heavy atom. The van der Waals surface area contributed by atoms with Crippen LogP contribution in [0.3, 0.4) is 0 Å². The molecule has 112 valence electrons. The number of fused-ring (bicyclic) bond motifs is 1. The van der Waals surface area contributed by atoms with Crippen LogP contribution < -0.4 is 10.2 Å². The van der Waals surface area contributed by atoms with Crippen LogP contribution in [-0.2, 0) is 0 Å². The van der Waals surface area contributed by atoms with Gasteiger partial charge in [0, 0.05) is 34.8 Å². The second kappa shape index (κ2) is 5.62. The van der Waals surface area contributed by atoms with Crippen LogP contribution in [0.25, 0.3) is 10.8 Å². The van der Waals surface area contributed by atoms with Crippen LogP contribution in [0.15, 0.2) is 40.9 Å². The molecule has 0 bridgehead atoms. The Balaban J connectivity index is 1.99. The van der Waals surface area contributed by atoms with Gasteiger partial charge in [0.05, 0.1) is 0 Å². The molecule has 0 radical (unpaired) electrons. The molecule has 2 aromatic rings. The monoisotopic (exact) mass is 346 g/mol. The number of anilines is 1. The Labute approximate surface area is 135 Å². The second-order valence-electron chi connectivity index (χ2n) is 6.63. The summed E-state index contributed by atoms with van der Waals surface area (Å²) in [6.45, 7) is 8.94. The van der Waals surface area contributed by atoms with Crippen LogP contribution in [0.4, 0.5) is 5.69 Å². The predicted octanol–water partition coefficient (Wildman–Crippen LogP) is 4.57. The van der Waals surface area contributed by atoms with Gasteiger partial charge in [-0.2, -0.15) is 0 Å². The standard InChI is InChI=1S/C18H23BrN2/c1-4-16-11-20-18(2,3)12-21(16)17-8-6-13-9-15(19)7-5-14(13)10-17/h5-10,16,20H,4,11-12H2,1-3H3. The van der Waals surface area contributed by atoms with E-state index in [4.69, 9.17) is 0 Å². The molecule has 0 aliphatic carbocycles. The van der Waals surface area contributed by atoms with E-state index in [0.717, 1.165) is 17.6 Å². The van der Waals surface area contributed by atoms with Crippen molar-refractivity contribution in [3.63, 3.8) is 0 Å². The molecule has 3 heteroatoms. The van der Waals surface area contributed by atoms with Crippen LogP contribution in [0.5, 0.6) is 0 Å². The maximum absolute atomic E-state index is 3.66. The van der Waals surface area contributed by atoms with Crippen LogP contribution in [0.2, 0.25) is 0 Å². The summed E-state index contributed by atoms with van der Waals surface area (Å²) < 4.78 is 1.14. The van der Waals surface area contributed by atoms with E-state index in [1.807, 2.05) is 0 Å². The van der Waals surface area contributed by atoms with Crippen LogP contribution in [0.1, 0.15) is 27.2 Å². The van der Waals surface area contributed by atoms with Gasteiger partial charge in [-0.3, -0.25) is 0 Å². The van der Waals surface area contributed by atoms with E-state index in [1.165, 1.54) is 22.9 Å². The normalized spacial score (nSPS) is 21.7. The average Bonchev–Trinajstić information content (AvgIpc) is 2.46. The van der Waals surface area contributed by atoms with E-state index < -0.39 is 0 Å². The highest BCUT2D eigenvalue weighted by atomic mass is 79.9. The zero-order valence-electron chi connectivity index (χ0n) is 13.0. The number of piperazine rings is 1. The van der Waals surface area contributed by atoms with Gasteiger partial charge in [0.25, 0.3) is 0 Å². The van der Waals surface area contributed by atoms with Gasteiger partial charge in [-0.25, -0.2) is 0 Å². The van der Waals surface area contributed by atoms with Gasteiger partial charge in [-0.15, -0.1) is 0 Å². The molecule has 3 rings (SSSR count). The third kappa shape index (κ3) is 3.09. The quantitative estimate of drug-likeness (QED) is 0.856. The summed E-state index contributed by atoms with van der Waals surface area (Å²) in [5.74, 6) is 0. The van der Waals surface area contributed by atoms with Crippen molar-refractivity contribution < 1.29 is 0 Å². The largest absolute Gasteiger partial charge is 0.365 e. The van der Waals surface area contributed by atoms with Crippen molar-refractivity contribution in [1.29, 1.82) is 0 Å². The van der Waals surface area contributed by atoms with Crippen molar-refractivity contribution in [2.24, 2.45) is 0 Å². The summed E-state index contributed by atoms with van der Waals surface area (Å²) in [7, 11) is 0. The lowest BCUT2D eigenvalue weighted by Gasteiger charge is -2.46. The number of nitrogens with one attached hydrogen (secondary N) is 1. The Hall–Kier alpha value is -1.06. The number of rotatable bonds is 2. The molecular formula is C18H23BrN2. The van der Waals surface area contributed by atoms with Crippen molar-refractivity contribution in [2.75, 3.05) is 18.0 Å². The Kier molecular flexibility index (Phi) is 3.98. The number of hydrogen-bond acceptors (Lipinski definition) is 2. The van der Waals surface area contributed by atoms with E-state index in [1.54, 1.807) is 0 Å². The van der Waals surface area contributed by atoms with E-state index in [9.17, 15) is 0 Å². The lowest BCUT2D eigenvalue weighted by molar-refractivity contribution is 0.306. The third-order valence-corrected chi connectivity index (χ3v) is 4.90. The minimum Gasteiger partial charge on any atom is -0.365 e. The minimum atomic E-state index is 0.167. The summed E-state index contributed by atoms with van der Waals surface area (Å²) in [5.41, 5.74) is 1.51. The van der Waals surface area contributed by atoms with Crippen LogP contribution in [0, 0.1) is 0 Å². The lowest BCUT2D eigenvalue weighted by Crippen LogP contribution is -2.61. The molecule has 1 N–H and O–H groups in total. The Morgan fingerprint density at radius 3 is 2.67 bits per heavy atom. The second-order valence-corrected chi connectivity index (χ2v) is 7.55. The van der Waals surface area contributed by atoms with Crippen molar-refractivity contribution in [3.05, 3.63) is 40.9 Å². The van der Waals surface area contributed by atoms with Gasteiger partial charge in [-0.1, -0.05) is 35.0 Å². The highest BCUT2D eigenvalue weighted by Gasteiger charge is 2.31. The Bertz CT molecular complexity index is 651. The average molecular weight is 347 g/mol. The fourth-order valence-corrected chi connectivity index (χ4v) is 3.54. The zero-order chi connectivity index (χ0) is 15.0. The van der Waals surface area contributed by atoms with Crippen LogP contribution in [-0.4, -0.2) is 24.7 Å². The lowest BCUT2D eigenvalue weighted by atomic mass is 9.96. The smallest absolute Gasteiger partial charge is 0.0412 e. The fourth-order valence-electron chi connectivity index (χ4n) is 3.16. The Morgan fingerprint density at radius 2 is 1.90 bits per heavy atom. The molecule has 1 unspecified atom stereocenters. The highest BCUT2D eigenvalue weighted by Crippen LogP contribution is 2.29. The first-order valence-electron chi connectivity index (χ1n) is 7.69. The molecule has 1 fully saturated rings. The molecule has 2 aromatic carbocycles. The molecule has 0 spiro atoms. The molecule has 1 heterocycles. The summed E-state index contributed by atoms with van der Waals surface area (Å²) >= 11 is 3.54. The first-order chi connectivity index (χ1) is 9.98. The molecule has 21 heavy (non-hydrogen) atoms. The molecule has 1 aliphatic heterocycles. The van der Waals surface area contributed by atoms with Gasteiger partial charge in [0.1, 0.15) is 0 Å². The minimum absolute atomic E-state index is 0.167. The van der Waals surface area contributed by atoms with E-state index >= 15 is 0 Å². The zero-order valence-corrected chi connectivity index (χ0v) is 14.6. The molecule has 2 nitrogen and oxygen atoms in total. The molecule has 0 saturated carbocycles. The first kappa shape index (κ1) is 14.9. The van der Waals surface area contributed by atoms with E-state index in [-0.39, 0.29) is 5.54 Å². The molecule has 1 aliphatic rings. The third-order valence-electron chi connectivity index (χ3n) is 4.41. The topological polar surface area (TPSA) is 15.3 Å². The molecule has 1 atom stereocenters. The molecule has 0 aromatic heterocycles. The van der Waals surface area contributed by atoms with Crippen LogP contribution >= 0.6 is 15.9 Å². The SMILES string of the molecule is CCC1CNC(C)(C)CN1c1ccc2cc(Br)ccc2c1. The van der Waals surface area contributed by atoms with Gasteiger partial charge < -0.3 is 10.2 Å². The number of benzene rings is 2. The molecular weight excluding hydrogens is 324 g/mol. The molecule has 1 saturated heterocycles. The van der Waals surface area contributed by atoms with Crippen molar-refractivity contribution >= 4 is 32.4 Å². The highest BCUT2D eigenvalue weighted by molar-refractivity contribution is 9.10. The van der Waals surface area contributed by atoms with Crippen molar-refractivity contribution in [3.8, 4) is 0 Å². The summed E-state index contributed by atoms with van der Waals surface area (Å²) in [4.78, 5) is 2.57. The van der Waals surface area contributed by atoms with Crippen molar-refractivity contribution in [2.45, 2.75) is 38.8 Å². The number of hydrogen-bond donors (Lipinski definition) is 1. The number of halogens is 1. The van der Waals surface area contributed by atoms with E-state index in [2.05, 4.69) is 83.3 Å². The van der Waals surface area contributed by atoms with E-state index in [0.29, 0.717) is 6.04 Å². The summed E-state index contributed by atoms with van der Waals surface area (Å²) in [5, 5.41) is 6.25. The maximum atomic E-state index is 3.66. The molecule has 0 amide bonds. The summed E-state index contributed by atoms with van der Waals surface area (Å²) in [6, 6.07) is 13.9. The number of nitrogens with zero attached hydrogens (tertiary/aromatic N) is 1. The maximum Gasteiger partial charge on any atom is 0.0412 e. The van der Waals surface area contributed by atoms with Gasteiger partial charge in [0.15, 0.2) is 0 Å². The van der Waals surface area contributed by atoms with Gasteiger partial charge in [0.2, 0.25) is 0 Å². The van der Waals surface area contributed by atoms with Gasteiger partial charge >= 0.3 is 0 Å². The summed E-state index contributed by atoms with van der Waals surface area (Å²) in [6.07, 6.45) is 1.17. The predicted molar refractivity (Wildman–Crippen MR) is 95.2 cm³/mol. The first-order valence-corrected chi connectivity index (χ1v) is 8.49. The fraction of sp³-hybridized carbons (Fsp3) is 0.444.